The number of hydrogen-bond donors (Lipinski definition) is 0. The lowest BCUT2D eigenvalue weighted by Crippen LogP contribution is -2.18. The number of rotatable bonds is 4. The van der Waals surface area contributed by atoms with Crippen molar-refractivity contribution < 1.29 is 4.79 Å². The molecule has 0 bridgehead atoms. The Kier molecular flexibility index (Phi) is 4.25. The molecule has 2 rings (SSSR count). The van der Waals surface area contributed by atoms with Crippen molar-refractivity contribution in [2.75, 3.05) is 0 Å². The molecule has 0 amide bonds. The van der Waals surface area contributed by atoms with Gasteiger partial charge in [0.1, 0.15) is 5.78 Å². The zero-order chi connectivity index (χ0) is 11.7. The minimum Gasteiger partial charge on any atom is -0.298 e. The van der Waals surface area contributed by atoms with E-state index in [9.17, 15) is 4.79 Å². The van der Waals surface area contributed by atoms with Gasteiger partial charge in [-0.2, -0.15) is 0 Å². The van der Waals surface area contributed by atoms with Crippen molar-refractivity contribution in [1.82, 2.24) is 0 Å². The van der Waals surface area contributed by atoms with E-state index >= 15 is 0 Å². The summed E-state index contributed by atoms with van der Waals surface area (Å²) in [5.74, 6) is 0.660. The maximum atomic E-state index is 11.9. The summed E-state index contributed by atoms with van der Waals surface area (Å²) in [6.45, 7) is 0. The fourth-order valence-corrected chi connectivity index (χ4v) is 3.65. The molecule has 0 radical (unpaired) electrons. The third-order valence-electron chi connectivity index (χ3n) is 2.73. The van der Waals surface area contributed by atoms with Crippen LogP contribution in [-0.2, 0) is 11.2 Å². The minimum absolute atomic E-state index is 0.0602. The number of Topliss-reactive ketones (excluding diaryl/α,β-unsaturated/α-hetero) is 1. The number of alkyl halides is 1. The SMILES string of the molecule is O=C(C(Br)Cc1c(Br)cccc1Br)C1CC1. The molecular weight excluding hydrogens is 400 g/mol. The van der Waals surface area contributed by atoms with Gasteiger partial charge < -0.3 is 0 Å². The predicted molar refractivity (Wildman–Crippen MR) is 76.0 cm³/mol. The quantitative estimate of drug-likeness (QED) is 0.668. The highest BCUT2D eigenvalue weighted by Gasteiger charge is 2.33. The number of ketones is 1. The molecule has 1 atom stereocenters. The molecule has 16 heavy (non-hydrogen) atoms. The number of hydrogen-bond acceptors (Lipinski definition) is 1. The maximum absolute atomic E-state index is 11.9. The average molecular weight is 411 g/mol. The summed E-state index contributed by atoms with van der Waals surface area (Å²) in [5, 5.41) is 0. The van der Waals surface area contributed by atoms with E-state index in [2.05, 4.69) is 47.8 Å². The van der Waals surface area contributed by atoms with Gasteiger partial charge >= 0.3 is 0 Å². The van der Waals surface area contributed by atoms with E-state index in [-0.39, 0.29) is 4.83 Å². The molecule has 0 spiro atoms. The molecule has 0 heterocycles. The summed E-state index contributed by atoms with van der Waals surface area (Å²) in [4.78, 5) is 11.8. The number of carbonyl (C=O) groups excluding carboxylic acids is 1. The van der Waals surface area contributed by atoms with E-state index in [0.29, 0.717) is 11.7 Å². The van der Waals surface area contributed by atoms with Crippen LogP contribution in [0.15, 0.2) is 27.1 Å². The fraction of sp³-hybridized carbons (Fsp3) is 0.417. The zero-order valence-electron chi connectivity index (χ0n) is 8.55. The van der Waals surface area contributed by atoms with Gasteiger partial charge in [-0.25, -0.2) is 0 Å². The van der Waals surface area contributed by atoms with E-state index < -0.39 is 0 Å². The van der Waals surface area contributed by atoms with Crippen molar-refractivity contribution in [2.24, 2.45) is 5.92 Å². The Hall–Kier alpha value is 0.330. The lowest BCUT2D eigenvalue weighted by atomic mass is 10.1. The van der Waals surface area contributed by atoms with Crippen LogP contribution in [-0.4, -0.2) is 10.6 Å². The Morgan fingerprint density at radius 3 is 2.38 bits per heavy atom. The first-order chi connectivity index (χ1) is 7.59. The molecule has 1 aromatic rings. The Morgan fingerprint density at radius 1 is 1.31 bits per heavy atom. The summed E-state index contributed by atoms with van der Waals surface area (Å²) >= 11 is 10.5. The maximum Gasteiger partial charge on any atom is 0.149 e. The molecule has 0 saturated heterocycles. The predicted octanol–water partition coefficient (Wildman–Crippen LogP) is 4.50. The fourth-order valence-electron chi connectivity index (χ4n) is 1.63. The number of benzene rings is 1. The first kappa shape index (κ1) is 12.8. The standard InChI is InChI=1S/C12H11Br3O/c13-9-2-1-3-10(14)8(9)6-11(15)12(16)7-4-5-7/h1-3,7,11H,4-6H2. The average Bonchev–Trinajstić information content (AvgIpc) is 3.06. The van der Waals surface area contributed by atoms with Crippen LogP contribution in [0.1, 0.15) is 18.4 Å². The third kappa shape index (κ3) is 2.96. The summed E-state index contributed by atoms with van der Waals surface area (Å²) in [7, 11) is 0. The minimum atomic E-state index is -0.0602. The Balaban J connectivity index is 2.10. The third-order valence-corrected chi connectivity index (χ3v) is 4.99. The molecule has 4 heteroatoms. The van der Waals surface area contributed by atoms with E-state index in [0.717, 1.165) is 33.8 Å². The van der Waals surface area contributed by atoms with Gasteiger partial charge in [0, 0.05) is 14.9 Å². The summed E-state index contributed by atoms with van der Waals surface area (Å²) < 4.78 is 2.10. The van der Waals surface area contributed by atoms with Gasteiger partial charge in [0.15, 0.2) is 0 Å². The van der Waals surface area contributed by atoms with Gasteiger partial charge in [-0.05, 0) is 37.0 Å². The van der Waals surface area contributed by atoms with Crippen molar-refractivity contribution >= 4 is 53.6 Å². The molecule has 1 unspecified atom stereocenters. The van der Waals surface area contributed by atoms with Crippen LogP contribution < -0.4 is 0 Å². The second-order valence-corrected chi connectivity index (χ2v) is 6.86. The number of carbonyl (C=O) groups is 1. The number of halogens is 3. The highest BCUT2D eigenvalue weighted by molar-refractivity contribution is 9.11. The zero-order valence-corrected chi connectivity index (χ0v) is 13.3. The van der Waals surface area contributed by atoms with Crippen LogP contribution in [0.4, 0.5) is 0 Å². The normalized spacial score (nSPS) is 17.2. The van der Waals surface area contributed by atoms with Crippen molar-refractivity contribution in [1.29, 1.82) is 0 Å². The lowest BCUT2D eigenvalue weighted by molar-refractivity contribution is -0.119. The van der Waals surface area contributed by atoms with Gasteiger partial charge in [-0.15, -0.1) is 0 Å². The highest BCUT2D eigenvalue weighted by Crippen LogP contribution is 2.35. The Morgan fingerprint density at radius 2 is 1.88 bits per heavy atom. The molecule has 1 aliphatic rings. The van der Waals surface area contributed by atoms with Crippen molar-refractivity contribution in [3.8, 4) is 0 Å². The molecule has 0 aromatic heterocycles. The van der Waals surface area contributed by atoms with E-state index in [1.165, 1.54) is 0 Å². The molecule has 1 nitrogen and oxygen atoms in total. The smallest absolute Gasteiger partial charge is 0.149 e. The molecule has 1 saturated carbocycles. The summed E-state index contributed by atoms with van der Waals surface area (Å²) in [5.41, 5.74) is 1.15. The van der Waals surface area contributed by atoms with Crippen LogP contribution in [0.25, 0.3) is 0 Å². The molecular formula is C12H11Br3O. The van der Waals surface area contributed by atoms with Gasteiger partial charge in [0.2, 0.25) is 0 Å². The van der Waals surface area contributed by atoms with Gasteiger partial charge in [0.05, 0.1) is 4.83 Å². The van der Waals surface area contributed by atoms with Crippen LogP contribution in [0.3, 0.4) is 0 Å². The van der Waals surface area contributed by atoms with E-state index in [1.807, 2.05) is 18.2 Å². The van der Waals surface area contributed by atoms with Gasteiger partial charge in [0.25, 0.3) is 0 Å². The lowest BCUT2D eigenvalue weighted by Gasteiger charge is -2.11. The Bertz CT molecular complexity index is 392. The Labute approximate surface area is 120 Å². The second-order valence-electron chi connectivity index (χ2n) is 4.05. The van der Waals surface area contributed by atoms with Gasteiger partial charge in [-0.3, -0.25) is 4.79 Å². The topological polar surface area (TPSA) is 17.1 Å². The van der Waals surface area contributed by atoms with Crippen LogP contribution >= 0.6 is 47.8 Å². The second kappa shape index (κ2) is 5.32. The molecule has 86 valence electrons. The first-order valence-corrected chi connectivity index (χ1v) is 7.70. The summed E-state index contributed by atoms with van der Waals surface area (Å²) in [6.07, 6.45) is 2.87. The van der Waals surface area contributed by atoms with Crippen molar-refractivity contribution in [3.63, 3.8) is 0 Å². The monoisotopic (exact) mass is 408 g/mol. The molecule has 1 aliphatic carbocycles. The van der Waals surface area contributed by atoms with E-state index in [4.69, 9.17) is 0 Å². The van der Waals surface area contributed by atoms with Crippen molar-refractivity contribution in [2.45, 2.75) is 24.1 Å². The van der Waals surface area contributed by atoms with Crippen LogP contribution in [0.2, 0.25) is 0 Å². The first-order valence-electron chi connectivity index (χ1n) is 5.20. The highest BCUT2D eigenvalue weighted by atomic mass is 79.9. The van der Waals surface area contributed by atoms with Gasteiger partial charge in [-0.1, -0.05) is 53.9 Å². The molecule has 0 N–H and O–H groups in total. The van der Waals surface area contributed by atoms with Crippen LogP contribution in [0.5, 0.6) is 0 Å². The van der Waals surface area contributed by atoms with Crippen molar-refractivity contribution in [3.05, 3.63) is 32.7 Å². The molecule has 0 aliphatic heterocycles. The molecule has 1 fully saturated rings. The van der Waals surface area contributed by atoms with E-state index in [1.54, 1.807) is 0 Å². The van der Waals surface area contributed by atoms with Crippen LogP contribution in [0, 0.1) is 5.92 Å². The largest absolute Gasteiger partial charge is 0.298 e. The summed E-state index contributed by atoms with van der Waals surface area (Å²) in [6, 6.07) is 5.98. The molecule has 1 aromatic carbocycles.